The predicted octanol–water partition coefficient (Wildman–Crippen LogP) is 3.56. The molecular formula is C15H17N. The van der Waals surface area contributed by atoms with Crippen LogP contribution >= 0.6 is 0 Å². The molecule has 1 aromatic carbocycles. The molecule has 0 fully saturated rings. The van der Waals surface area contributed by atoms with Gasteiger partial charge in [-0.15, -0.1) is 0 Å². The Morgan fingerprint density at radius 2 is 2.12 bits per heavy atom. The molecule has 0 aromatic heterocycles. The Balaban J connectivity index is 2.08. The summed E-state index contributed by atoms with van der Waals surface area (Å²) in [7, 11) is 0. The van der Waals surface area contributed by atoms with E-state index in [0.717, 1.165) is 18.0 Å². The van der Waals surface area contributed by atoms with Crippen LogP contribution < -0.4 is 5.73 Å². The topological polar surface area (TPSA) is 26.0 Å². The molecular weight excluding hydrogens is 194 g/mol. The number of hydrogen-bond acceptors (Lipinski definition) is 1. The van der Waals surface area contributed by atoms with Crippen LogP contribution in [0.1, 0.15) is 30.9 Å². The number of nitrogens with two attached hydrogens (primary N) is 1. The first kappa shape index (κ1) is 9.71. The minimum Gasteiger partial charge on any atom is -0.399 e. The Kier molecular flexibility index (Phi) is 2.13. The van der Waals surface area contributed by atoms with E-state index >= 15 is 0 Å². The average Bonchev–Trinajstić information content (AvgIpc) is 2.26. The highest BCUT2D eigenvalue weighted by Crippen LogP contribution is 2.37. The van der Waals surface area contributed by atoms with Crippen LogP contribution in [0.3, 0.4) is 0 Å². The lowest BCUT2D eigenvalue weighted by Gasteiger charge is -2.28. The summed E-state index contributed by atoms with van der Waals surface area (Å²) in [5, 5.41) is 0. The predicted molar refractivity (Wildman–Crippen MR) is 69.0 cm³/mol. The summed E-state index contributed by atoms with van der Waals surface area (Å²) >= 11 is 0. The lowest BCUT2D eigenvalue weighted by molar-refractivity contribution is 0.545. The van der Waals surface area contributed by atoms with E-state index in [4.69, 9.17) is 5.73 Å². The van der Waals surface area contributed by atoms with Gasteiger partial charge in [0.1, 0.15) is 0 Å². The Morgan fingerprint density at radius 3 is 3.00 bits per heavy atom. The molecule has 0 saturated carbocycles. The van der Waals surface area contributed by atoms with E-state index in [9.17, 15) is 0 Å². The molecule has 0 radical (unpaired) electrons. The van der Waals surface area contributed by atoms with E-state index in [1.165, 1.54) is 35.1 Å². The van der Waals surface area contributed by atoms with Gasteiger partial charge >= 0.3 is 0 Å². The summed E-state index contributed by atoms with van der Waals surface area (Å²) in [4.78, 5) is 0. The minimum atomic E-state index is 0.720. The van der Waals surface area contributed by atoms with Crippen LogP contribution in [0.2, 0.25) is 0 Å². The number of hydrogen-bond donors (Lipinski definition) is 1. The highest BCUT2D eigenvalue weighted by Gasteiger charge is 2.22. The number of rotatable bonds is 0. The fourth-order valence-electron chi connectivity index (χ4n) is 2.81. The summed E-state index contributed by atoms with van der Waals surface area (Å²) in [6.07, 6.45) is 8.41. The molecule has 2 aliphatic rings. The van der Waals surface area contributed by atoms with E-state index in [2.05, 4.69) is 31.2 Å². The SMILES string of the molecule is CC1=CC2=Cc3ccc(N)cc3CC2CC1. The van der Waals surface area contributed by atoms with Crippen LogP contribution in [0.4, 0.5) is 5.69 Å². The molecule has 1 nitrogen and oxygen atoms in total. The highest BCUT2D eigenvalue weighted by atomic mass is 14.5. The van der Waals surface area contributed by atoms with E-state index in [1.54, 1.807) is 0 Å². The summed E-state index contributed by atoms with van der Waals surface area (Å²) in [5.41, 5.74) is 12.5. The second-order valence-corrected chi connectivity index (χ2v) is 5.03. The Morgan fingerprint density at radius 1 is 1.25 bits per heavy atom. The molecule has 82 valence electrons. The van der Waals surface area contributed by atoms with Crippen molar-refractivity contribution in [2.75, 3.05) is 5.73 Å². The van der Waals surface area contributed by atoms with Crippen LogP contribution in [0.25, 0.3) is 6.08 Å². The van der Waals surface area contributed by atoms with Gasteiger partial charge in [0.15, 0.2) is 0 Å². The minimum absolute atomic E-state index is 0.720. The maximum Gasteiger partial charge on any atom is 0.0317 e. The first-order chi connectivity index (χ1) is 7.72. The zero-order chi connectivity index (χ0) is 11.1. The molecule has 3 rings (SSSR count). The van der Waals surface area contributed by atoms with Crippen LogP contribution in [0, 0.1) is 5.92 Å². The van der Waals surface area contributed by atoms with Gasteiger partial charge in [0.05, 0.1) is 0 Å². The van der Waals surface area contributed by atoms with Gasteiger partial charge in [0.2, 0.25) is 0 Å². The van der Waals surface area contributed by atoms with Crippen molar-refractivity contribution >= 4 is 11.8 Å². The van der Waals surface area contributed by atoms with Gasteiger partial charge in [-0.1, -0.05) is 23.8 Å². The molecule has 0 saturated heterocycles. The van der Waals surface area contributed by atoms with Gasteiger partial charge in [-0.05, 0) is 60.9 Å². The molecule has 0 amide bonds. The third kappa shape index (κ3) is 1.57. The van der Waals surface area contributed by atoms with E-state index in [1.807, 2.05) is 6.07 Å². The van der Waals surface area contributed by atoms with Crippen molar-refractivity contribution in [3.63, 3.8) is 0 Å². The van der Waals surface area contributed by atoms with Gasteiger partial charge in [0.25, 0.3) is 0 Å². The van der Waals surface area contributed by atoms with Gasteiger partial charge < -0.3 is 5.73 Å². The first-order valence-corrected chi connectivity index (χ1v) is 5.99. The zero-order valence-corrected chi connectivity index (χ0v) is 9.66. The average molecular weight is 211 g/mol. The second-order valence-electron chi connectivity index (χ2n) is 5.03. The Bertz CT molecular complexity index is 494. The highest BCUT2D eigenvalue weighted by molar-refractivity contribution is 5.66. The quantitative estimate of drug-likeness (QED) is 0.652. The molecule has 0 bridgehead atoms. The van der Waals surface area contributed by atoms with Gasteiger partial charge in [0, 0.05) is 5.69 Å². The van der Waals surface area contributed by atoms with Crippen LogP contribution in [-0.2, 0) is 6.42 Å². The van der Waals surface area contributed by atoms with Crippen molar-refractivity contribution in [3.8, 4) is 0 Å². The molecule has 0 spiro atoms. The molecule has 0 heterocycles. The van der Waals surface area contributed by atoms with Crippen molar-refractivity contribution in [2.45, 2.75) is 26.2 Å². The van der Waals surface area contributed by atoms with Crippen molar-refractivity contribution in [2.24, 2.45) is 5.92 Å². The number of benzene rings is 1. The van der Waals surface area contributed by atoms with E-state index in [0.29, 0.717) is 0 Å². The van der Waals surface area contributed by atoms with Crippen molar-refractivity contribution in [1.82, 2.24) is 0 Å². The summed E-state index contributed by atoms with van der Waals surface area (Å²) < 4.78 is 0. The second kappa shape index (κ2) is 3.51. The molecule has 1 aromatic rings. The molecule has 0 aliphatic heterocycles. The normalized spacial score (nSPS) is 22.9. The van der Waals surface area contributed by atoms with Gasteiger partial charge in [-0.2, -0.15) is 0 Å². The van der Waals surface area contributed by atoms with Crippen LogP contribution in [-0.4, -0.2) is 0 Å². The number of fused-ring (bicyclic) bond motifs is 2. The molecule has 2 N–H and O–H groups in total. The van der Waals surface area contributed by atoms with E-state index < -0.39 is 0 Å². The molecule has 1 unspecified atom stereocenters. The van der Waals surface area contributed by atoms with Crippen molar-refractivity contribution in [3.05, 3.63) is 46.5 Å². The molecule has 2 aliphatic carbocycles. The lowest BCUT2D eigenvalue weighted by Crippen LogP contribution is -2.15. The third-order valence-electron chi connectivity index (χ3n) is 3.73. The fraction of sp³-hybridized carbons (Fsp3) is 0.333. The van der Waals surface area contributed by atoms with Gasteiger partial charge in [-0.3, -0.25) is 0 Å². The first-order valence-electron chi connectivity index (χ1n) is 5.99. The summed E-state index contributed by atoms with van der Waals surface area (Å²) in [6.45, 7) is 2.23. The lowest BCUT2D eigenvalue weighted by atomic mass is 9.77. The van der Waals surface area contributed by atoms with Crippen molar-refractivity contribution < 1.29 is 0 Å². The third-order valence-corrected chi connectivity index (χ3v) is 3.73. The summed E-state index contributed by atoms with van der Waals surface area (Å²) in [5.74, 6) is 0.720. The largest absolute Gasteiger partial charge is 0.399 e. The zero-order valence-electron chi connectivity index (χ0n) is 9.66. The summed E-state index contributed by atoms with van der Waals surface area (Å²) in [6, 6.07) is 6.27. The van der Waals surface area contributed by atoms with Crippen LogP contribution in [0.5, 0.6) is 0 Å². The van der Waals surface area contributed by atoms with E-state index in [-0.39, 0.29) is 0 Å². The smallest absolute Gasteiger partial charge is 0.0317 e. The number of allylic oxidation sites excluding steroid dienone is 3. The maximum absolute atomic E-state index is 5.84. The standard InChI is InChI=1S/C15H17N/c1-10-2-3-11-8-14-9-15(16)5-4-12(14)7-13(11)6-10/h4-7,9,11H,2-3,8,16H2,1H3. The van der Waals surface area contributed by atoms with Crippen LogP contribution in [0.15, 0.2) is 35.4 Å². The Labute approximate surface area is 96.7 Å². The number of anilines is 1. The Hall–Kier alpha value is -1.50. The maximum atomic E-state index is 5.84. The number of nitrogen functional groups attached to an aromatic ring is 1. The monoisotopic (exact) mass is 211 g/mol. The van der Waals surface area contributed by atoms with Gasteiger partial charge in [-0.25, -0.2) is 0 Å². The molecule has 1 heteroatoms. The van der Waals surface area contributed by atoms with Crippen molar-refractivity contribution in [1.29, 1.82) is 0 Å². The fourth-order valence-corrected chi connectivity index (χ4v) is 2.81. The molecule has 1 atom stereocenters. The molecule has 16 heavy (non-hydrogen) atoms.